The quantitative estimate of drug-likeness (QED) is 0.628. The van der Waals surface area contributed by atoms with Crippen molar-refractivity contribution in [2.45, 2.75) is 32.7 Å². The first-order valence-electron chi connectivity index (χ1n) is 4.51. The van der Waals surface area contributed by atoms with E-state index in [1.54, 1.807) is 0 Å². The van der Waals surface area contributed by atoms with E-state index in [1.165, 1.54) is 0 Å². The first kappa shape index (κ1) is 9.01. The van der Waals surface area contributed by atoms with E-state index < -0.39 is 0 Å². The standard InChI is InChI=1S/C9H19NO/c1-6(2)9-4-8(10)3-7(9)5-11/h6-9,11H,3-5,10H2,1-2H3/t7-,8-,9-/m1/s1. The van der Waals surface area contributed by atoms with Crippen molar-refractivity contribution in [1.29, 1.82) is 0 Å². The van der Waals surface area contributed by atoms with Crippen LogP contribution >= 0.6 is 0 Å². The maximum atomic E-state index is 9.05. The second kappa shape index (κ2) is 3.55. The summed E-state index contributed by atoms with van der Waals surface area (Å²) in [5.41, 5.74) is 5.82. The Bertz CT molecular complexity index is 125. The van der Waals surface area contributed by atoms with Gasteiger partial charge in [0.25, 0.3) is 0 Å². The van der Waals surface area contributed by atoms with E-state index in [4.69, 9.17) is 10.8 Å². The molecule has 11 heavy (non-hydrogen) atoms. The molecule has 2 nitrogen and oxygen atoms in total. The van der Waals surface area contributed by atoms with Crippen molar-refractivity contribution in [1.82, 2.24) is 0 Å². The van der Waals surface area contributed by atoms with Crippen molar-refractivity contribution in [2.75, 3.05) is 6.61 Å². The Labute approximate surface area is 68.8 Å². The van der Waals surface area contributed by atoms with Gasteiger partial charge in [-0.3, -0.25) is 0 Å². The summed E-state index contributed by atoms with van der Waals surface area (Å²) in [7, 11) is 0. The van der Waals surface area contributed by atoms with Gasteiger partial charge >= 0.3 is 0 Å². The summed E-state index contributed by atoms with van der Waals surface area (Å²) in [5.74, 6) is 1.78. The molecule has 0 aromatic carbocycles. The van der Waals surface area contributed by atoms with Crippen LogP contribution in [-0.2, 0) is 0 Å². The monoisotopic (exact) mass is 157 g/mol. The molecule has 0 radical (unpaired) electrons. The van der Waals surface area contributed by atoms with Gasteiger partial charge < -0.3 is 10.8 Å². The normalized spacial score (nSPS) is 38.5. The second-order valence-corrected chi connectivity index (χ2v) is 4.08. The number of nitrogens with two attached hydrogens (primary N) is 1. The fourth-order valence-electron chi connectivity index (χ4n) is 2.23. The molecule has 3 atom stereocenters. The average molecular weight is 157 g/mol. The van der Waals surface area contributed by atoms with Crippen LogP contribution in [0.2, 0.25) is 0 Å². The Kier molecular flexibility index (Phi) is 2.90. The van der Waals surface area contributed by atoms with Gasteiger partial charge in [0.15, 0.2) is 0 Å². The van der Waals surface area contributed by atoms with E-state index in [1.807, 2.05) is 0 Å². The Morgan fingerprint density at radius 1 is 1.45 bits per heavy atom. The number of hydrogen-bond acceptors (Lipinski definition) is 2. The zero-order valence-electron chi connectivity index (χ0n) is 7.46. The van der Waals surface area contributed by atoms with Crippen LogP contribution in [0.25, 0.3) is 0 Å². The first-order chi connectivity index (χ1) is 5.15. The number of aliphatic hydroxyl groups excluding tert-OH is 1. The lowest BCUT2D eigenvalue weighted by molar-refractivity contribution is 0.169. The minimum atomic E-state index is 0.316. The van der Waals surface area contributed by atoms with Gasteiger partial charge in [-0.25, -0.2) is 0 Å². The Morgan fingerprint density at radius 2 is 2.09 bits per heavy atom. The fraction of sp³-hybridized carbons (Fsp3) is 1.00. The molecular weight excluding hydrogens is 138 g/mol. The van der Waals surface area contributed by atoms with Crippen LogP contribution in [0.15, 0.2) is 0 Å². The van der Waals surface area contributed by atoms with Crippen LogP contribution in [0.4, 0.5) is 0 Å². The predicted octanol–water partition coefficient (Wildman–Crippen LogP) is 0.988. The van der Waals surface area contributed by atoms with Crippen LogP contribution < -0.4 is 5.73 Å². The molecule has 1 fully saturated rings. The molecule has 0 heterocycles. The van der Waals surface area contributed by atoms with E-state index in [9.17, 15) is 0 Å². The van der Waals surface area contributed by atoms with Gasteiger partial charge in [0.1, 0.15) is 0 Å². The molecule has 1 rings (SSSR count). The molecule has 0 aliphatic heterocycles. The predicted molar refractivity (Wildman–Crippen MR) is 46.1 cm³/mol. The molecule has 2 heteroatoms. The molecule has 0 amide bonds. The van der Waals surface area contributed by atoms with Crippen LogP contribution in [0, 0.1) is 17.8 Å². The minimum Gasteiger partial charge on any atom is -0.396 e. The zero-order valence-corrected chi connectivity index (χ0v) is 7.46. The van der Waals surface area contributed by atoms with Crippen molar-refractivity contribution in [3.63, 3.8) is 0 Å². The van der Waals surface area contributed by atoms with E-state index in [-0.39, 0.29) is 0 Å². The molecule has 0 unspecified atom stereocenters. The lowest BCUT2D eigenvalue weighted by atomic mass is 9.87. The van der Waals surface area contributed by atoms with E-state index >= 15 is 0 Å². The molecule has 0 saturated heterocycles. The highest BCUT2D eigenvalue weighted by atomic mass is 16.3. The van der Waals surface area contributed by atoms with Gasteiger partial charge in [0.2, 0.25) is 0 Å². The fourth-order valence-corrected chi connectivity index (χ4v) is 2.23. The molecule has 0 aromatic heterocycles. The summed E-state index contributed by atoms with van der Waals surface area (Å²) in [6.07, 6.45) is 2.11. The topological polar surface area (TPSA) is 46.2 Å². The third kappa shape index (κ3) is 1.94. The molecule has 1 saturated carbocycles. The van der Waals surface area contributed by atoms with Crippen molar-refractivity contribution in [3.05, 3.63) is 0 Å². The molecule has 0 spiro atoms. The molecule has 1 aliphatic rings. The van der Waals surface area contributed by atoms with Crippen LogP contribution in [0.3, 0.4) is 0 Å². The highest BCUT2D eigenvalue weighted by molar-refractivity contribution is 4.86. The van der Waals surface area contributed by atoms with Crippen molar-refractivity contribution >= 4 is 0 Å². The van der Waals surface area contributed by atoms with Gasteiger partial charge in [0, 0.05) is 12.6 Å². The second-order valence-electron chi connectivity index (χ2n) is 4.08. The minimum absolute atomic E-state index is 0.316. The third-order valence-electron chi connectivity index (χ3n) is 2.88. The molecule has 3 N–H and O–H groups in total. The maximum absolute atomic E-state index is 9.05. The smallest absolute Gasteiger partial charge is 0.0462 e. The summed E-state index contributed by atoms with van der Waals surface area (Å²) >= 11 is 0. The summed E-state index contributed by atoms with van der Waals surface area (Å²) < 4.78 is 0. The van der Waals surface area contributed by atoms with E-state index in [0.717, 1.165) is 12.8 Å². The number of aliphatic hydroxyl groups is 1. The highest BCUT2D eigenvalue weighted by Crippen LogP contribution is 2.35. The molecule has 0 bridgehead atoms. The van der Waals surface area contributed by atoms with Gasteiger partial charge in [-0.1, -0.05) is 13.8 Å². The van der Waals surface area contributed by atoms with Gasteiger partial charge in [-0.2, -0.15) is 0 Å². The van der Waals surface area contributed by atoms with Gasteiger partial charge in [-0.15, -0.1) is 0 Å². The van der Waals surface area contributed by atoms with Gasteiger partial charge in [0.05, 0.1) is 0 Å². The van der Waals surface area contributed by atoms with E-state index in [2.05, 4.69) is 13.8 Å². The largest absolute Gasteiger partial charge is 0.396 e. The SMILES string of the molecule is CC(C)[C@H]1C[C@H](N)C[C@@H]1CO. The Balaban J connectivity index is 2.50. The summed E-state index contributed by atoms with van der Waals surface area (Å²) in [6, 6.07) is 0.333. The zero-order chi connectivity index (χ0) is 8.43. The number of rotatable bonds is 2. The lowest BCUT2D eigenvalue weighted by Crippen LogP contribution is -2.17. The average Bonchev–Trinajstić information content (AvgIpc) is 2.30. The van der Waals surface area contributed by atoms with Crippen molar-refractivity contribution in [3.8, 4) is 0 Å². The van der Waals surface area contributed by atoms with Gasteiger partial charge in [-0.05, 0) is 30.6 Å². The lowest BCUT2D eigenvalue weighted by Gasteiger charge is -2.20. The molecule has 66 valence electrons. The Hall–Kier alpha value is -0.0800. The molecule has 1 aliphatic carbocycles. The Morgan fingerprint density at radius 3 is 2.45 bits per heavy atom. The van der Waals surface area contributed by atoms with E-state index in [0.29, 0.717) is 30.4 Å². The van der Waals surface area contributed by atoms with Crippen LogP contribution in [0.1, 0.15) is 26.7 Å². The third-order valence-corrected chi connectivity index (χ3v) is 2.88. The summed E-state index contributed by atoms with van der Waals surface area (Å²) in [4.78, 5) is 0. The van der Waals surface area contributed by atoms with Crippen molar-refractivity contribution < 1.29 is 5.11 Å². The van der Waals surface area contributed by atoms with Crippen molar-refractivity contribution in [2.24, 2.45) is 23.5 Å². The molecule has 0 aromatic rings. The summed E-state index contributed by atoms with van der Waals surface area (Å²) in [6.45, 7) is 4.74. The summed E-state index contributed by atoms with van der Waals surface area (Å²) in [5, 5.41) is 9.05. The van der Waals surface area contributed by atoms with Crippen LogP contribution in [0.5, 0.6) is 0 Å². The first-order valence-corrected chi connectivity index (χ1v) is 4.51. The maximum Gasteiger partial charge on any atom is 0.0462 e. The number of hydrogen-bond donors (Lipinski definition) is 2. The van der Waals surface area contributed by atoms with Crippen LogP contribution in [-0.4, -0.2) is 17.8 Å². The molecular formula is C9H19NO. The highest BCUT2D eigenvalue weighted by Gasteiger charge is 2.33.